The smallest absolute Gasteiger partial charge is 0.230 e. The van der Waals surface area contributed by atoms with Crippen molar-refractivity contribution in [2.45, 2.75) is 25.7 Å². The molecule has 2 saturated heterocycles. The van der Waals surface area contributed by atoms with Gasteiger partial charge < -0.3 is 15.1 Å². The van der Waals surface area contributed by atoms with Crippen LogP contribution in [0.5, 0.6) is 0 Å². The van der Waals surface area contributed by atoms with Gasteiger partial charge in [-0.05, 0) is 25.3 Å². The van der Waals surface area contributed by atoms with Crippen LogP contribution in [0.25, 0.3) is 0 Å². The van der Waals surface area contributed by atoms with E-state index in [-0.39, 0.29) is 30.2 Å². The lowest BCUT2D eigenvalue weighted by Gasteiger charge is -2.43. The molecule has 2 atom stereocenters. The fourth-order valence-corrected chi connectivity index (χ4v) is 4.58. The largest absolute Gasteiger partial charge is 0.352 e. The van der Waals surface area contributed by atoms with E-state index in [0.29, 0.717) is 11.8 Å². The van der Waals surface area contributed by atoms with Crippen molar-refractivity contribution in [2.24, 2.45) is 11.3 Å². The van der Waals surface area contributed by atoms with Crippen molar-refractivity contribution >= 4 is 36.5 Å². The molecule has 0 spiro atoms. The van der Waals surface area contributed by atoms with Gasteiger partial charge in [0.1, 0.15) is 5.82 Å². The Morgan fingerprint density at radius 3 is 2.68 bits per heavy atom. The van der Waals surface area contributed by atoms with E-state index in [2.05, 4.69) is 25.1 Å². The van der Waals surface area contributed by atoms with E-state index < -0.39 is 0 Å². The Hall–Kier alpha value is -1.11. The van der Waals surface area contributed by atoms with Crippen molar-refractivity contribution in [2.75, 3.05) is 44.2 Å². The fraction of sp³-hybridized carbons (Fsp3) is 0.706. The average molecular weight is 388 g/mol. The van der Waals surface area contributed by atoms with E-state index in [1.165, 1.54) is 19.3 Å². The summed E-state index contributed by atoms with van der Waals surface area (Å²) >= 11 is 0. The van der Waals surface area contributed by atoms with Gasteiger partial charge in [0, 0.05) is 45.1 Å². The van der Waals surface area contributed by atoms with Gasteiger partial charge in [0.15, 0.2) is 0 Å². The summed E-state index contributed by atoms with van der Waals surface area (Å²) in [6.45, 7) is 5.18. The zero-order valence-electron chi connectivity index (χ0n) is 14.4. The van der Waals surface area contributed by atoms with Crippen LogP contribution in [0.15, 0.2) is 18.6 Å². The molecule has 3 aliphatic rings. The molecule has 6 nitrogen and oxygen atoms in total. The van der Waals surface area contributed by atoms with Crippen molar-refractivity contribution < 1.29 is 4.79 Å². The molecule has 0 bridgehead atoms. The van der Waals surface area contributed by atoms with Gasteiger partial charge in [0.2, 0.25) is 5.91 Å². The second-order valence-corrected chi connectivity index (χ2v) is 7.07. The number of hydrogen-bond donors (Lipinski definition) is 1. The second kappa shape index (κ2) is 8.52. The summed E-state index contributed by atoms with van der Waals surface area (Å²) in [4.78, 5) is 26.1. The average Bonchev–Trinajstić information content (AvgIpc) is 3.07. The molecule has 1 aromatic rings. The predicted molar refractivity (Wildman–Crippen MR) is 103 cm³/mol. The molecule has 2 aliphatic heterocycles. The second-order valence-electron chi connectivity index (χ2n) is 7.07. The molecule has 8 heteroatoms. The third kappa shape index (κ3) is 3.71. The van der Waals surface area contributed by atoms with Crippen molar-refractivity contribution in [3.63, 3.8) is 0 Å². The highest BCUT2D eigenvalue weighted by Gasteiger charge is 2.51. The maximum absolute atomic E-state index is 13.2. The minimum Gasteiger partial charge on any atom is -0.352 e. The molecule has 0 radical (unpaired) electrons. The third-order valence-corrected chi connectivity index (χ3v) is 5.90. The van der Waals surface area contributed by atoms with Crippen LogP contribution in [0.2, 0.25) is 0 Å². The SMILES string of the molecule is Cl.Cl.O=C(N1CCN(c2cnccn2)CC1)[C@@]12CCCC[C@H]1CNC2. The first kappa shape index (κ1) is 20.2. The van der Waals surface area contributed by atoms with Gasteiger partial charge in [0.25, 0.3) is 0 Å². The molecule has 1 N–H and O–H groups in total. The van der Waals surface area contributed by atoms with E-state index in [0.717, 1.165) is 51.5 Å². The van der Waals surface area contributed by atoms with Crippen LogP contribution in [0.4, 0.5) is 5.82 Å². The summed E-state index contributed by atoms with van der Waals surface area (Å²) < 4.78 is 0. The van der Waals surface area contributed by atoms with Gasteiger partial charge in [-0.15, -0.1) is 24.8 Å². The predicted octanol–water partition coefficient (Wildman–Crippen LogP) is 1.75. The van der Waals surface area contributed by atoms with Crippen LogP contribution in [-0.4, -0.2) is 60.0 Å². The number of fused-ring (bicyclic) bond motifs is 1. The Morgan fingerprint density at radius 2 is 1.96 bits per heavy atom. The summed E-state index contributed by atoms with van der Waals surface area (Å²) in [7, 11) is 0. The number of carbonyl (C=O) groups is 1. The lowest BCUT2D eigenvalue weighted by atomic mass is 9.67. The monoisotopic (exact) mass is 387 g/mol. The molecule has 0 unspecified atom stereocenters. The highest BCUT2D eigenvalue weighted by atomic mass is 35.5. The molecule has 1 saturated carbocycles. The molecule has 25 heavy (non-hydrogen) atoms. The Kier molecular flexibility index (Phi) is 6.88. The van der Waals surface area contributed by atoms with E-state index >= 15 is 0 Å². The van der Waals surface area contributed by atoms with Crippen LogP contribution in [-0.2, 0) is 4.79 Å². The standard InChI is InChI=1S/C17H25N5O.2ClH/c23-16(17-4-2-1-3-14(17)11-19-13-17)22-9-7-21(8-10-22)15-12-18-5-6-20-15;;/h5-6,12,14,19H,1-4,7-11,13H2;2*1H/t14-,17+;;/m0../s1. The molecule has 3 fully saturated rings. The molecular formula is C17H27Cl2N5O. The number of aromatic nitrogens is 2. The van der Waals surface area contributed by atoms with E-state index in [1.807, 2.05) is 0 Å². The normalized spacial score (nSPS) is 28.6. The highest BCUT2D eigenvalue weighted by Crippen LogP contribution is 2.45. The Labute approximate surface area is 161 Å². The molecule has 3 heterocycles. The molecule has 140 valence electrons. The maximum Gasteiger partial charge on any atom is 0.230 e. The van der Waals surface area contributed by atoms with Crippen molar-refractivity contribution in [1.82, 2.24) is 20.2 Å². The molecule has 0 aromatic carbocycles. The Morgan fingerprint density at radius 1 is 1.16 bits per heavy atom. The number of anilines is 1. The summed E-state index contributed by atoms with van der Waals surface area (Å²) in [6, 6.07) is 0. The van der Waals surface area contributed by atoms with Gasteiger partial charge in [-0.1, -0.05) is 12.8 Å². The lowest BCUT2D eigenvalue weighted by molar-refractivity contribution is -0.145. The first-order chi connectivity index (χ1) is 11.3. The van der Waals surface area contributed by atoms with Crippen LogP contribution in [0.1, 0.15) is 25.7 Å². The molecule has 1 aliphatic carbocycles. The van der Waals surface area contributed by atoms with Crippen molar-refractivity contribution in [3.05, 3.63) is 18.6 Å². The number of carbonyl (C=O) groups excluding carboxylic acids is 1. The molecular weight excluding hydrogens is 361 g/mol. The topological polar surface area (TPSA) is 61.4 Å². The van der Waals surface area contributed by atoms with Gasteiger partial charge in [-0.2, -0.15) is 0 Å². The van der Waals surface area contributed by atoms with Crippen LogP contribution in [0.3, 0.4) is 0 Å². The number of halogens is 2. The first-order valence-electron chi connectivity index (χ1n) is 8.81. The Balaban J connectivity index is 0.00000113. The van der Waals surface area contributed by atoms with Crippen molar-refractivity contribution in [1.29, 1.82) is 0 Å². The number of hydrogen-bond acceptors (Lipinski definition) is 5. The lowest BCUT2D eigenvalue weighted by Crippen LogP contribution is -2.56. The van der Waals surface area contributed by atoms with Crippen LogP contribution < -0.4 is 10.2 Å². The van der Waals surface area contributed by atoms with E-state index in [9.17, 15) is 4.79 Å². The van der Waals surface area contributed by atoms with Crippen LogP contribution in [0, 0.1) is 11.3 Å². The van der Waals surface area contributed by atoms with Gasteiger partial charge in [0.05, 0.1) is 11.6 Å². The van der Waals surface area contributed by atoms with E-state index in [1.54, 1.807) is 18.6 Å². The molecule has 1 aromatic heterocycles. The summed E-state index contributed by atoms with van der Waals surface area (Å²) in [5.74, 6) is 1.85. The minimum atomic E-state index is -0.118. The summed E-state index contributed by atoms with van der Waals surface area (Å²) in [6.07, 6.45) is 9.97. The quantitative estimate of drug-likeness (QED) is 0.837. The van der Waals surface area contributed by atoms with E-state index in [4.69, 9.17) is 0 Å². The minimum absolute atomic E-state index is 0. The number of rotatable bonds is 2. The van der Waals surface area contributed by atoms with Crippen LogP contribution >= 0.6 is 24.8 Å². The maximum atomic E-state index is 13.2. The number of amides is 1. The number of nitrogens with zero attached hydrogens (tertiary/aromatic N) is 4. The first-order valence-corrected chi connectivity index (χ1v) is 8.81. The zero-order valence-corrected chi connectivity index (χ0v) is 16.0. The summed E-state index contributed by atoms with van der Waals surface area (Å²) in [5, 5.41) is 3.48. The zero-order chi connectivity index (χ0) is 15.7. The van der Waals surface area contributed by atoms with Gasteiger partial charge in [-0.25, -0.2) is 4.98 Å². The molecule has 1 amide bonds. The van der Waals surface area contributed by atoms with Gasteiger partial charge >= 0.3 is 0 Å². The third-order valence-electron chi connectivity index (χ3n) is 5.90. The number of piperazine rings is 1. The number of nitrogens with one attached hydrogen (secondary N) is 1. The fourth-order valence-electron chi connectivity index (χ4n) is 4.58. The summed E-state index contributed by atoms with van der Waals surface area (Å²) in [5.41, 5.74) is -0.118. The highest BCUT2D eigenvalue weighted by molar-refractivity contribution is 5.85. The van der Waals surface area contributed by atoms with Gasteiger partial charge in [-0.3, -0.25) is 9.78 Å². The Bertz CT molecular complexity index is 567. The molecule has 4 rings (SSSR count). The van der Waals surface area contributed by atoms with Crippen molar-refractivity contribution in [3.8, 4) is 0 Å².